The summed E-state index contributed by atoms with van der Waals surface area (Å²) < 4.78 is 6.12. The number of nitrogens with one attached hydrogen (secondary N) is 2. The summed E-state index contributed by atoms with van der Waals surface area (Å²) >= 11 is 0. The quantitative estimate of drug-likeness (QED) is 0.404. The second-order valence-corrected chi connectivity index (χ2v) is 5.75. The summed E-state index contributed by atoms with van der Waals surface area (Å²) in [5.41, 5.74) is 16.5. The molecular weight excluding hydrogens is 320 g/mol. The zero-order chi connectivity index (χ0) is 18.4. The largest absolute Gasteiger partial charge is 0.449 e. The van der Waals surface area contributed by atoms with Crippen molar-refractivity contribution in [1.29, 1.82) is 0 Å². The smallest absolute Gasteiger partial charge is 0.173 e. The first-order valence-electron chi connectivity index (χ1n) is 8.15. The number of hydrogen-bond donors (Lipinski definition) is 6. The minimum atomic E-state index is -0.0108. The Morgan fingerprint density at radius 2 is 1.20 bits per heavy atom. The summed E-state index contributed by atoms with van der Waals surface area (Å²) in [6.45, 7) is 4.51. The number of aliphatic hydroxyl groups is 2. The molecule has 0 heterocycles. The van der Waals surface area contributed by atoms with Gasteiger partial charge in [-0.05, 0) is 37.1 Å². The van der Waals surface area contributed by atoms with Crippen molar-refractivity contribution < 1.29 is 14.9 Å². The van der Waals surface area contributed by atoms with Gasteiger partial charge in [0.25, 0.3) is 0 Å². The van der Waals surface area contributed by atoms with Crippen LogP contribution in [0.15, 0.2) is 24.3 Å². The summed E-state index contributed by atoms with van der Waals surface area (Å²) in [6, 6.07) is 7.46. The number of hydrogen-bond acceptors (Lipinski definition) is 7. The van der Waals surface area contributed by atoms with Gasteiger partial charge >= 0.3 is 0 Å². The van der Waals surface area contributed by atoms with Gasteiger partial charge < -0.3 is 37.1 Å². The van der Waals surface area contributed by atoms with E-state index in [0.717, 1.165) is 11.1 Å². The van der Waals surface area contributed by atoms with Crippen molar-refractivity contribution in [3.8, 4) is 11.5 Å². The van der Waals surface area contributed by atoms with Crippen LogP contribution in [0.4, 0.5) is 22.7 Å². The third kappa shape index (κ3) is 4.26. The van der Waals surface area contributed by atoms with E-state index in [-0.39, 0.29) is 13.2 Å². The van der Waals surface area contributed by atoms with Gasteiger partial charge in [0.05, 0.1) is 36.0 Å². The number of ether oxygens (including phenoxy) is 1. The topological polar surface area (TPSA) is 126 Å². The second-order valence-electron chi connectivity index (χ2n) is 5.75. The minimum Gasteiger partial charge on any atom is -0.449 e. The fourth-order valence-electron chi connectivity index (χ4n) is 2.38. The first-order valence-corrected chi connectivity index (χ1v) is 8.15. The van der Waals surface area contributed by atoms with Crippen molar-refractivity contribution in [3.05, 3.63) is 35.4 Å². The molecule has 2 aromatic rings. The van der Waals surface area contributed by atoms with Crippen LogP contribution in [0.3, 0.4) is 0 Å². The van der Waals surface area contributed by atoms with Gasteiger partial charge in [-0.25, -0.2) is 0 Å². The lowest BCUT2D eigenvalue weighted by molar-refractivity contribution is 0.311. The Morgan fingerprint density at radius 3 is 1.56 bits per heavy atom. The molecule has 0 bridgehead atoms. The molecule has 7 heteroatoms. The van der Waals surface area contributed by atoms with Crippen molar-refractivity contribution in [3.63, 3.8) is 0 Å². The SMILES string of the molecule is Cc1ccc(NCCO)c(Oc2c(NCCO)ccc(C)c2N)c1N. The van der Waals surface area contributed by atoms with E-state index < -0.39 is 0 Å². The summed E-state index contributed by atoms with van der Waals surface area (Å²) in [4.78, 5) is 0. The summed E-state index contributed by atoms with van der Waals surface area (Å²) in [6.07, 6.45) is 0. The van der Waals surface area contributed by atoms with Crippen molar-refractivity contribution >= 4 is 22.7 Å². The number of rotatable bonds is 8. The molecule has 0 aliphatic carbocycles. The average molecular weight is 346 g/mol. The highest BCUT2D eigenvalue weighted by Crippen LogP contribution is 2.43. The Morgan fingerprint density at radius 1 is 0.800 bits per heavy atom. The first-order chi connectivity index (χ1) is 12.0. The van der Waals surface area contributed by atoms with E-state index in [0.29, 0.717) is 47.3 Å². The van der Waals surface area contributed by atoms with Crippen molar-refractivity contribution in [2.24, 2.45) is 0 Å². The van der Waals surface area contributed by atoms with Crippen LogP contribution in [0.1, 0.15) is 11.1 Å². The molecular formula is C18H26N4O3. The average Bonchev–Trinajstić information content (AvgIpc) is 2.61. The van der Waals surface area contributed by atoms with Crippen LogP contribution in [0.5, 0.6) is 11.5 Å². The summed E-state index contributed by atoms with van der Waals surface area (Å²) in [5, 5.41) is 24.3. The van der Waals surface area contributed by atoms with E-state index >= 15 is 0 Å². The second kappa shape index (κ2) is 8.46. The Hall–Kier alpha value is -2.64. The molecule has 0 saturated heterocycles. The van der Waals surface area contributed by atoms with E-state index in [4.69, 9.17) is 26.4 Å². The minimum absolute atomic E-state index is 0.0108. The molecule has 136 valence electrons. The number of benzene rings is 2. The molecule has 0 aliphatic rings. The number of anilines is 4. The van der Waals surface area contributed by atoms with Crippen LogP contribution in [0, 0.1) is 13.8 Å². The molecule has 2 rings (SSSR count). The Bertz CT molecular complexity index is 673. The van der Waals surface area contributed by atoms with Crippen LogP contribution in [-0.2, 0) is 0 Å². The monoisotopic (exact) mass is 346 g/mol. The molecule has 0 saturated carbocycles. The molecule has 0 spiro atoms. The van der Waals surface area contributed by atoms with Gasteiger partial charge in [0.1, 0.15) is 0 Å². The maximum absolute atomic E-state index is 9.07. The van der Waals surface area contributed by atoms with Gasteiger partial charge in [0.15, 0.2) is 11.5 Å². The Labute approximate surface area is 147 Å². The predicted molar refractivity (Wildman–Crippen MR) is 102 cm³/mol. The molecule has 8 N–H and O–H groups in total. The van der Waals surface area contributed by atoms with E-state index in [1.165, 1.54) is 0 Å². The highest BCUT2D eigenvalue weighted by molar-refractivity contribution is 5.78. The molecule has 0 fully saturated rings. The van der Waals surface area contributed by atoms with Gasteiger partial charge in [0.2, 0.25) is 0 Å². The highest BCUT2D eigenvalue weighted by Gasteiger charge is 2.17. The number of nitrogen functional groups attached to an aromatic ring is 2. The molecule has 2 aromatic carbocycles. The number of nitrogens with two attached hydrogens (primary N) is 2. The van der Waals surface area contributed by atoms with Crippen LogP contribution >= 0.6 is 0 Å². The lowest BCUT2D eigenvalue weighted by atomic mass is 10.1. The van der Waals surface area contributed by atoms with E-state index in [1.54, 1.807) is 0 Å². The molecule has 0 amide bonds. The Kier molecular flexibility index (Phi) is 6.32. The fourth-order valence-corrected chi connectivity index (χ4v) is 2.38. The molecule has 0 atom stereocenters. The van der Waals surface area contributed by atoms with Gasteiger partial charge in [-0.2, -0.15) is 0 Å². The fraction of sp³-hybridized carbons (Fsp3) is 0.333. The van der Waals surface area contributed by atoms with Crippen molar-refractivity contribution in [2.45, 2.75) is 13.8 Å². The van der Waals surface area contributed by atoms with E-state index in [2.05, 4.69) is 10.6 Å². The maximum Gasteiger partial charge on any atom is 0.173 e. The number of aryl methyl sites for hydroxylation is 2. The third-order valence-corrected chi connectivity index (χ3v) is 3.89. The molecule has 0 unspecified atom stereocenters. The highest BCUT2D eigenvalue weighted by atomic mass is 16.5. The van der Waals surface area contributed by atoms with Crippen LogP contribution in [-0.4, -0.2) is 36.5 Å². The van der Waals surface area contributed by atoms with Crippen LogP contribution < -0.4 is 26.8 Å². The third-order valence-electron chi connectivity index (χ3n) is 3.89. The lowest BCUT2D eigenvalue weighted by Crippen LogP contribution is -2.10. The van der Waals surface area contributed by atoms with Gasteiger partial charge in [-0.3, -0.25) is 0 Å². The molecule has 25 heavy (non-hydrogen) atoms. The zero-order valence-electron chi connectivity index (χ0n) is 14.6. The van der Waals surface area contributed by atoms with Gasteiger partial charge in [0, 0.05) is 13.1 Å². The zero-order valence-corrected chi connectivity index (χ0v) is 14.6. The van der Waals surface area contributed by atoms with E-state index in [1.807, 2.05) is 38.1 Å². The molecule has 7 nitrogen and oxygen atoms in total. The van der Waals surface area contributed by atoms with Crippen LogP contribution in [0.25, 0.3) is 0 Å². The maximum atomic E-state index is 9.07. The van der Waals surface area contributed by atoms with Gasteiger partial charge in [-0.1, -0.05) is 12.1 Å². The molecule has 0 aromatic heterocycles. The van der Waals surface area contributed by atoms with Crippen molar-refractivity contribution in [2.75, 3.05) is 48.4 Å². The Balaban J connectivity index is 2.48. The standard InChI is InChI=1S/C18H26N4O3/c1-11-3-5-13(21-7-9-23)17(15(11)19)25-18-14(22-8-10-24)6-4-12(2)16(18)20/h3-6,21-24H,7-10,19-20H2,1-2H3. The summed E-state index contributed by atoms with van der Waals surface area (Å²) in [7, 11) is 0. The normalized spacial score (nSPS) is 10.6. The lowest BCUT2D eigenvalue weighted by Gasteiger charge is -2.20. The summed E-state index contributed by atoms with van der Waals surface area (Å²) in [5.74, 6) is 0.913. The molecule has 0 radical (unpaired) electrons. The number of aliphatic hydroxyl groups excluding tert-OH is 2. The van der Waals surface area contributed by atoms with Crippen LogP contribution in [0.2, 0.25) is 0 Å². The van der Waals surface area contributed by atoms with E-state index in [9.17, 15) is 0 Å². The predicted octanol–water partition coefficient (Wildman–Crippen LogP) is 2.07. The van der Waals surface area contributed by atoms with Gasteiger partial charge in [-0.15, -0.1) is 0 Å². The first kappa shape index (κ1) is 18.7. The van der Waals surface area contributed by atoms with Crippen molar-refractivity contribution in [1.82, 2.24) is 0 Å². The molecule has 0 aliphatic heterocycles.